The number of hydrogen-bond acceptors (Lipinski definition) is 6. The molecule has 3 aliphatic rings. The van der Waals surface area contributed by atoms with E-state index < -0.39 is 0 Å². The van der Waals surface area contributed by atoms with Crippen LogP contribution in [0.15, 0.2) is 36.5 Å². The number of nitrogens with zero attached hydrogens (tertiary/aromatic N) is 3. The van der Waals surface area contributed by atoms with E-state index in [1.165, 1.54) is 12.0 Å². The van der Waals surface area contributed by atoms with Gasteiger partial charge in [0.15, 0.2) is 5.65 Å². The number of nitrogens with one attached hydrogen (secondary N) is 2. The summed E-state index contributed by atoms with van der Waals surface area (Å²) in [5.41, 5.74) is 4.49. The van der Waals surface area contributed by atoms with Crippen LogP contribution in [-0.4, -0.2) is 59.3 Å². The highest BCUT2D eigenvalue weighted by Crippen LogP contribution is 2.42. The van der Waals surface area contributed by atoms with E-state index in [1.807, 2.05) is 0 Å². The fraction of sp³-hybridized carbons (Fsp3) is 0.440. The van der Waals surface area contributed by atoms with Gasteiger partial charge in [0.1, 0.15) is 17.1 Å². The number of hydrogen-bond donors (Lipinski definition) is 2. The molecule has 2 aliphatic carbocycles. The molecule has 8 heteroatoms. The summed E-state index contributed by atoms with van der Waals surface area (Å²) < 4.78 is 11.2. The summed E-state index contributed by atoms with van der Waals surface area (Å²) in [7, 11) is 1.70. The Hall–Kier alpha value is -2.61. The first-order valence-electron chi connectivity index (χ1n) is 11.6. The van der Waals surface area contributed by atoms with Gasteiger partial charge < -0.3 is 19.8 Å². The summed E-state index contributed by atoms with van der Waals surface area (Å²) in [4.78, 5) is 15.1. The van der Waals surface area contributed by atoms with Gasteiger partial charge in [0.25, 0.3) is 0 Å². The van der Waals surface area contributed by atoms with Crippen LogP contribution >= 0.6 is 11.6 Å². The summed E-state index contributed by atoms with van der Waals surface area (Å²) in [5.74, 6) is 2.76. The van der Waals surface area contributed by atoms with Crippen molar-refractivity contribution >= 4 is 28.5 Å². The number of halogens is 1. The van der Waals surface area contributed by atoms with Crippen LogP contribution in [0.25, 0.3) is 22.6 Å². The average Bonchev–Trinajstić information content (AvgIpc) is 3.57. The highest BCUT2D eigenvalue weighted by Gasteiger charge is 2.36. The smallest absolute Gasteiger partial charge is 0.180 e. The lowest BCUT2D eigenvalue weighted by atomic mass is 10.0. The van der Waals surface area contributed by atoms with Crippen molar-refractivity contribution in [2.45, 2.75) is 25.4 Å². The molecule has 0 unspecified atom stereocenters. The fourth-order valence-corrected chi connectivity index (χ4v) is 5.58. The molecule has 2 N–H and O–H groups in total. The number of aromatic nitrogens is 3. The molecule has 0 amide bonds. The number of rotatable bonds is 6. The molecule has 2 bridgehead atoms. The molecule has 1 saturated carbocycles. The number of morpholine rings is 1. The van der Waals surface area contributed by atoms with E-state index in [2.05, 4.69) is 50.5 Å². The Labute approximate surface area is 198 Å². The number of imidazole rings is 1. The van der Waals surface area contributed by atoms with Crippen molar-refractivity contribution in [3.8, 4) is 17.1 Å². The molecule has 3 aromatic rings. The maximum atomic E-state index is 6.58. The Morgan fingerprint density at radius 2 is 2.12 bits per heavy atom. The number of aromatic amines is 1. The first-order chi connectivity index (χ1) is 16.2. The highest BCUT2D eigenvalue weighted by atomic mass is 35.5. The van der Waals surface area contributed by atoms with E-state index in [0.29, 0.717) is 28.5 Å². The van der Waals surface area contributed by atoms with Gasteiger partial charge in [-0.05, 0) is 42.4 Å². The largest absolute Gasteiger partial charge is 0.496 e. The number of anilines is 1. The molecule has 1 aromatic carbocycles. The summed E-state index contributed by atoms with van der Waals surface area (Å²) in [6, 6.07) is 6.70. The monoisotopic (exact) mass is 465 g/mol. The number of allylic oxidation sites excluding steroid dienone is 1. The van der Waals surface area contributed by atoms with Gasteiger partial charge in [-0.3, -0.25) is 4.90 Å². The summed E-state index contributed by atoms with van der Waals surface area (Å²) in [6.45, 7) is 4.36. The van der Waals surface area contributed by atoms with Crippen LogP contribution < -0.4 is 10.1 Å². The molecule has 1 saturated heterocycles. The number of methoxy groups -OCH3 is 1. The minimum atomic E-state index is 0.392. The van der Waals surface area contributed by atoms with Crippen LogP contribution in [0.5, 0.6) is 5.75 Å². The fourth-order valence-electron chi connectivity index (χ4n) is 5.38. The normalized spacial score (nSPS) is 24.6. The first kappa shape index (κ1) is 21.0. The zero-order valence-electron chi connectivity index (χ0n) is 18.7. The topological polar surface area (TPSA) is 75.3 Å². The number of fused-ring (bicyclic) bond motifs is 3. The average molecular weight is 466 g/mol. The summed E-state index contributed by atoms with van der Waals surface area (Å²) in [5, 5.41) is 4.30. The zero-order chi connectivity index (χ0) is 22.4. The number of pyridine rings is 1. The maximum Gasteiger partial charge on any atom is 0.180 e. The van der Waals surface area contributed by atoms with Crippen LogP contribution in [0, 0.1) is 11.8 Å². The zero-order valence-corrected chi connectivity index (χ0v) is 19.4. The maximum absolute atomic E-state index is 6.58. The van der Waals surface area contributed by atoms with Crippen molar-refractivity contribution in [1.82, 2.24) is 19.9 Å². The Balaban J connectivity index is 1.30. The Morgan fingerprint density at radius 1 is 1.24 bits per heavy atom. The lowest BCUT2D eigenvalue weighted by Gasteiger charge is -2.26. The molecule has 1 aliphatic heterocycles. The predicted molar refractivity (Wildman–Crippen MR) is 130 cm³/mol. The highest BCUT2D eigenvalue weighted by molar-refractivity contribution is 6.34. The second-order valence-electron chi connectivity index (χ2n) is 9.22. The van der Waals surface area contributed by atoms with E-state index in [9.17, 15) is 0 Å². The molecule has 7 nitrogen and oxygen atoms in total. The third kappa shape index (κ3) is 3.98. The third-order valence-corrected chi connectivity index (χ3v) is 7.40. The SMILES string of the molecule is COc1cc(CN2CCOCC2)ccc1-c1nc2ncc(Cl)c(N[C@H]3C[C@H]4C=C[C@H]3C4)c2[nH]1. The van der Waals surface area contributed by atoms with Crippen molar-refractivity contribution in [3.63, 3.8) is 0 Å². The van der Waals surface area contributed by atoms with Crippen LogP contribution in [0.2, 0.25) is 5.02 Å². The second-order valence-corrected chi connectivity index (χ2v) is 9.63. The van der Waals surface area contributed by atoms with Crippen LogP contribution in [-0.2, 0) is 11.3 Å². The molecule has 0 radical (unpaired) electrons. The predicted octanol–water partition coefficient (Wildman–Crippen LogP) is 4.50. The minimum Gasteiger partial charge on any atom is -0.496 e. The lowest BCUT2D eigenvalue weighted by Crippen LogP contribution is -2.35. The molecule has 3 heterocycles. The van der Waals surface area contributed by atoms with Gasteiger partial charge in [0.05, 0.1) is 42.8 Å². The van der Waals surface area contributed by atoms with Crippen LogP contribution in [0.1, 0.15) is 18.4 Å². The Morgan fingerprint density at radius 3 is 2.88 bits per heavy atom. The Bertz CT molecular complexity index is 1200. The summed E-state index contributed by atoms with van der Waals surface area (Å²) in [6.07, 6.45) is 8.73. The number of H-pyrrole nitrogens is 1. The molecule has 2 aromatic heterocycles. The molecule has 2 fully saturated rings. The van der Waals surface area contributed by atoms with Crippen LogP contribution in [0.4, 0.5) is 5.69 Å². The van der Waals surface area contributed by atoms with Gasteiger partial charge in [-0.15, -0.1) is 0 Å². The summed E-state index contributed by atoms with van der Waals surface area (Å²) >= 11 is 6.58. The van der Waals surface area contributed by atoms with Gasteiger partial charge in [-0.2, -0.15) is 0 Å². The van der Waals surface area contributed by atoms with E-state index in [1.54, 1.807) is 13.3 Å². The van der Waals surface area contributed by atoms with Crippen molar-refractivity contribution in [3.05, 3.63) is 47.1 Å². The second kappa shape index (κ2) is 8.63. The van der Waals surface area contributed by atoms with Crippen molar-refractivity contribution < 1.29 is 9.47 Å². The molecule has 0 spiro atoms. The Kier molecular flexibility index (Phi) is 5.48. The minimum absolute atomic E-state index is 0.392. The first-order valence-corrected chi connectivity index (χ1v) is 12.0. The van der Waals surface area contributed by atoms with Gasteiger partial charge >= 0.3 is 0 Å². The molecule has 6 rings (SSSR count). The molecule has 33 heavy (non-hydrogen) atoms. The van der Waals surface area contributed by atoms with Gasteiger partial charge in [-0.1, -0.05) is 29.8 Å². The standard InChI is InChI=1S/C25H28ClN5O2/c1-32-21-12-16(14-31-6-8-33-9-7-31)3-5-18(21)24-29-23-22(19(26)13-27-25(23)30-24)28-20-11-15-2-4-17(20)10-15/h2-5,12-13,15,17,20H,6-11,14H2,1H3,(H2,27,28,29,30)/t15-,17-,20-/m0/s1. The number of ether oxygens (including phenoxy) is 2. The van der Waals surface area contributed by atoms with E-state index in [-0.39, 0.29) is 0 Å². The van der Waals surface area contributed by atoms with E-state index in [0.717, 1.165) is 67.6 Å². The third-order valence-electron chi connectivity index (χ3n) is 7.11. The van der Waals surface area contributed by atoms with Crippen molar-refractivity contribution in [2.24, 2.45) is 11.8 Å². The van der Waals surface area contributed by atoms with Crippen molar-refractivity contribution in [1.29, 1.82) is 0 Å². The van der Waals surface area contributed by atoms with Gasteiger partial charge in [-0.25, -0.2) is 9.97 Å². The van der Waals surface area contributed by atoms with Gasteiger partial charge in [0.2, 0.25) is 0 Å². The lowest BCUT2D eigenvalue weighted by molar-refractivity contribution is 0.0342. The molecular weight excluding hydrogens is 438 g/mol. The van der Waals surface area contributed by atoms with Crippen LogP contribution in [0.3, 0.4) is 0 Å². The number of benzene rings is 1. The molecule has 3 atom stereocenters. The van der Waals surface area contributed by atoms with E-state index >= 15 is 0 Å². The van der Waals surface area contributed by atoms with Crippen molar-refractivity contribution in [2.75, 3.05) is 38.7 Å². The molecule has 172 valence electrons. The molecular formula is C25H28ClN5O2. The van der Waals surface area contributed by atoms with Gasteiger partial charge in [0, 0.05) is 25.7 Å². The quantitative estimate of drug-likeness (QED) is 0.522. The van der Waals surface area contributed by atoms with E-state index in [4.69, 9.17) is 26.1 Å².